The van der Waals surface area contributed by atoms with Crippen LogP contribution in [0.2, 0.25) is 0 Å². The van der Waals surface area contributed by atoms with Crippen LogP contribution in [0.5, 0.6) is 5.75 Å². The molecule has 2 nitrogen and oxygen atoms in total. The molecule has 104 valence electrons. The molecule has 0 radical (unpaired) electrons. The van der Waals surface area contributed by atoms with Crippen molar-refractivity contribution in [3.63, 3.8) is 0 Å². The second-order valence-electron chi connectivity index (χ2n) is 4.14. The Morgan fingerprint density at radius 2 is 1.65 bits per heavy atom. The molecule has 0 unspecified atom stereocenters. The largest absolute Gasteiger partial charge is 0.497 e. The van der Waals surface area contributed by atoms with Gasteiger partial charge in [-0.2, -0.15) is 13.2 Å². The number of carbonyl (C=O) groups excluding carboxylic acids is 1. The van der Waals surface area contributed by atoms with Crippen LogP contribution in [0.25, 0.3) is 0 Å². The first-order valence-electron chi connectivity index (χ1n) is 5.78. The summed E-state index contributed by atoms with van der Waals surface area (Å²) in [5.41, 5.74) is -0.521. The van der Waals surface area contributed by atoms with Crippen molar-refractivity contribution in [2.24, 2.45) is 0 Å². The van der Waals surface area contributed by atoms with E-state index in [1.807, 2.05) is 0 Å². The SMILES string of the molecule is COc1ccc(C(=O)c2cccc(C(F)(F)F)c2)cc1. The van der Waals surface area contributed by atoms with E-state index >= 15 is 0 Å². The third kappa shape index (κ3) is 2.99. The summed E-state index contributed by atoms with van der Waals surface area (Å²) < 4.78 is 42.8. The summed E-state index contributed by atoms with van der Waals surface area (Å²) in [6.45, 7) is 0. The first kappa shape index (κ1) is 14.1. The van der Waals surface area contributed by atoms with Gasteiger partial charge in [-0.1, -0.05) is 12.1 Å². The van der Waals surface area contributed by atoms with Gasteiger partial charge in [-0.3, -0.25) is 4.79 Å². The van der Waals surface area contributed by atoms with Gasteiger partial charge in [0, 0.05) is 11.1 Å². The van der Waals surface area contributed by atoms with Crippen molar-refractivity contribution in [2.75, 3.05) is 7.11 Å². The first-order valence-corrected chi connectivity index (χ1v) is 5.78. The molecule has 0 bridgehead atoms. The second-order valence-corrected chi connectivity index (χ2v) is 4.14. The zero-order valence-electron chi connectivity index (χ0n) is 10.6. The highest BCUT2D eigenvalue weighted by molar-refractivity contribution is 6.09. The maximum Gasteiger partial charge on any atom is 0.416 e. The molecule has 0 amide bonds. The highest BCUT2D eigenvalue weighted by atomic mass is 19.4. The maximum absolute atomic E-state index is 12.6. The van der Waals surface area contributed by atoms with Crippen molar-refractivity contribution in [1.29, 1.82) is 0 Å². The molecule has 0 aliphatic heterocycles. The summed E-state index contributed by atoms with van der Waals surface area (Å²) in [6.07, 6.45) is -4.46. The zero-order chi connectivity index (χ0) is 14.8. The van der Waals surface area contributed by atoms with Gasteiger partial charge in [0.25, 0.3) is 0 Å². The molecular weight excluding hydrogens is 269 g/mol. The predicted octanol–water partition coefficient (Wildman–Crippen LogP) is 3.95. The number of ether oxygens (including phenoxy) is 1. The molecule has 0 N–H and O–H groups in total. The van der Waals surface area contributed by atoms with Crippen molar-refractivity contribution < 1.29 is 22.7 Å². The van der Waals surface area contributed by atoms with Crippen LogP contribution >= 0.6 is 0 Å². The predicted molar refractivity (Wildman–Crippen MR) is 67.9 cm³/mol. The minimum absolute atomic E-state index is 0.00462. The van der Waals surface area contributed by atoms with E-state index in [0.29, 0.717) is 11.3 Å². The molecule has 2 aromatic carbocycles. The van der Waals surface area contributed by atoms with Crippen molar-refractivity contribution in [3.8, 4) is 5.75 Å². The number of hydrogen-bond acceptors (Lipinski definition) is 2. The van der Waals surface area contributed by atoms with E-state index in [2.05, 4.69) is 0 Å². The average molecular weight is 280 g/mol. The number of rotatable bonds is 3. The van der Waals surface area contributed by atoms with E-state index in [4.69, 9.17) is 4.74 Å². The third-order valence-electron chi connectivity index (χ3n) is 2.80. The van der Waals surface area contributed by atoms with E-state index in [9.17, 15) is 18.0 Å². The Labute approximate surface area is 113 Å². The summed E-state index contributed by atoms with van der Waals surface area (Å²) >= 11 is 0. The Bertz CT molecular complexity index is 616. The second kappa shape index (κ2) is 5.36. The molecule has 0 saturated carbocycles. The number of hydrogen-bond donors (Lipinski definition) is 0. The number of ketones is 1. The molecule has 0 fully saturated rings. The molecule has 20 heavy (non-hydrogen) atoms. The van der Waals surface area contributed by atoms with Crippen LogP contribution in [-0.4, -0.2) is 12.9 Å². The molecule has 0 heterocycles. The molecule has 0 aliphatic carbocycles. The highest BCUT2D eigenvalue weighted by Crippen LogP contribution is 2.30. The van der Waals surface area contributed by atoms with Crippen molar-refractivity contribution in [2.45, 2.75) is 6.18 Å². The molecule has 2 aromatic rings. The fourth-order valence-corrected chi connectivity index (χ4v) is 1.75. The number of carbonyl (C=O) groups is 1. The standard InChI is InChI=1S/C15H11F3O2/c1-20-13-7-5-10(6-8-13)14(19)11-3-2-4-12(9-11)15(16,17)18/h2-9H,1H3. The van der Waals surface area contributed by atoms with Crippen molar-refractivity contribution in [1.82, 2.24) is 0 Å². The minimum atomic E-state index is -4.46. The molecule has 0 saturated heterocycles. The molecule has 2 rings (SSSR count). The van der Waals surface area contributed by atoms with Crippen molar-refractivity contribution >= 4 is 5.78 Å². The lowest BCUT2D eigenvalue weighted by Gasteiger charge is -2.08. The van der Waals surface area contributed by atoms with Gasteiger partial charge in [-0.15, -0.1) is 0 Å². The Kier molecular flexibility index (Phi) is 3.79. The van der Waals surface area contributed by atoms with E-state index < -0.39 is 17.5 Å². The van der Waals surface area contributed by atoms with Crippen LogP contribution in [0, 0.1) is 0 Å². The summed E-state index contributed by atoms with van der Waals surface area (Å²) in [7, 11) is 1.49. The lowest BCUT2D eigenvalue weighted by Crippen LogP contribution is -2.08. The van der Waals surface area contributed by atoms with Crippen LogP contribution in [0.1, 0.15) is 21.5 Å². The molecule has 0 aliphatic rings. The van der Waals surface area contributed by atoms with Gasteiger partial charge in [0.15, 0.2) is 5.78 Å². The molecule has 0 spiro atoms. The number of halogens is 3. The monoisotopic (exact) mass is 280 g/mol. The number of methoxy groups -OCH3 is 1. The van der Waals surface area contributed by atoms with Crippen LogP contribution < -0.4 is 4.74 Å². The van der Waals surface area contributed by atoms with E-state index in [1.165, 1.54) is 31.4 Å². The topological polar surface area (TPSA) is 26.3 Å². The van der Waals surface area contributed by atoms with Gasteiger partial charge in [-0.25, -0.2) is 0 Å². The smallest absolute Gasteiger partial charge is 0.416 e. The summed E-state index contributed by atoms with van der Waals surface area (Å²) in [4.78, 5) is 12.1. The van der Waals surface area contributed by atoms with Crippen LogP contribution in [0.3, 0.4) is 0 Å². The average Bonchev–Trinajstić information content (AvgIpc) is 2.46. The van der Waals surface area contributed by atoms with Gasteiger partial charge in [0.05, 0.1) is 12.7 Å². The number of benzene rings is 2. The normalized spacial score (nSPS) is 11.2. The highest BCUT2D eigenvalue weighted by Gasteiger charge is 2.30. The van der Waals surface area contributed by atoms with Gasteiger partial charge < -0.3 is 4.74 Å². The third-order valence-corrected chi connectivity index (χ3v) is 2.80. The molecular formula is C15H11F3O2. The fraction of sp³-hybridized carbons (Fsp3) is 0.133. The first-order chi connectivity index (χ1) is 9.41. The molecule has 0 aromatic heterocycles. The summed E-state index contributed by atoms with van der Waals surface area (Å²) in [5, 5.41) is 0. The Hall–Kier alpha value is -2.30. The van der Waals surface area contributed by atoms with Crippen LogP contribution in [0.4, 0.5) is 13.2 Å². The van der Waals surface area contributed by atoms with Gasteiger partial charge in [-0.05, 0) is 36.4 Å². The van der Waals surface area contributed by atoms with Gasteiger partial charge >= 0.3 is 6.18 Å². The van der Waals surface area contributed by atoms with Gasteiger partial charge in [0.1, 0.15) is 5.75 Å². The Morgan fingerprint density at radius 1 is 1.00 bits per heavy atom. The minimum Gasteiger partial charge on any atom is -0.497 e. The number of alkyl halides is 3. The quantitative estimate of drug-likeness (QED) is 0.796. The van der Waals surface area contributed by atoms with E-state index in [0.717, 1.165) is 12.1 Å². The fourth-order valence-electron chi connectivity index (χ4n) is 1.75. The van der Waals surface area contributed by atoms with Crippen LogP contribution in [-0.2, 0) is 6.18 Å². The lowest BCUT2D eigenvalue weighted by molar-refractivity contribution is -0.137. The molecule has 0 atom stereocenters. The maximum atomic E-state index is 12.6. The van der Waals surface area contributed by atoms with Gasteiger partial charge in [0.2, 0.25) is 0 Å². The summed E-state index contributed by atoms with van der Waals surface area (Å²) in [5.74, 6) is 0.115. The van der Waals surface area contributed by atoms with Crippen molar-refractivity contribution in [3.05, 3.63) is 65.2 Å². The lowest BCUT2D eigenvalue weighted by atomic mass is 10.0. The van der Waals surface area contributed by atoms with E-state index in [1.54, 1.807) is 12.1 Å². The van der Waals surface area contributed by atoms with E-state index in [-0.39, 0.29) is 5.56 Å². The Balaban J connectivity index is 2.33. The summed E-state index contributed by atoms with van der Waals surface area (Å²) in [6, 6.07) is 10.6. The zero-order valence-corrected chi connectivity index (χ0v) is 10.6. The molecule has 5 heteroatoms. The Morgan fingerprint density at radius 3 is 2.20 bits per heavy atom. The van der Waals surface area contributed by atoms with Crippen LogP contribution in [0.15, 0.2) is 48.5 Å².